The number of piperidine rings is 1. The van der Waals surface area contributed by atoms with Gasteiger partial charge in [-0.2, -0.15) is 0 Å². The summed E-state index contributed by atoms with van der Waals surface area (Å²) in [4.78, 5) is 24.8. The number of rotatable bonds is 2. The highest BCUT2D eigenvalue weighted by Crippen LogP contribution is 2.21. The molecule has 2 fully saturated rings. The third-order valence-electron chi connectivity index (χ3n) is 4.25. The first-order valence-electron chi connectivity index (χ1n) is 7.35. The summed E-state index contributed by atoms with van der Waals surface area (Å²) in [5, 5.41) is 0. The number of nitrogen functional groups attached to an aromatic ring is 1. The molecule has 108 valence electrons. The van der Waals surface area contributed by atoms with Crippen molar-refractivity contribution in [3.63, 3.8) is 0 Å². The summed E-state index contributed by atoms with van der Waals surface area (Å²) in [5.74, 6) is 0.311. The van der Waals surface area contributed by atoms with Gasteiger partial charge < -0.3 is 10.6 Å². The molecule has 0 bridgehead atoms. The predicted octanol–water partition coefficient (Wildman–Crippen LogP) is 0.759. The van der Waals surface area contributed by atoms with Crippen LogP contribution in [0.5, 0.6) is 0 Å². The number of amides is 1. The molecule has 2 aliphatic heterocycles. The second-order valence-electron chi connectivity index (χ2n) is 5.62. The van der Waals surface area contributed by atoms with Crippen LogP contribution in [-0.4, -0.2) is 57.9 Å². The van der Waals surface area contributed by atoms with Gasteiger partial charge in [0.1, 0.15) is 11.5 Å². The monoisotopic (exact) mass is 275 g/mol. The van der Waals surface area contributed by atoms with Crippen LogP contribution in [-0.2, 0) is 0 Å². The van der Waals surface area contributed by atoms with Gasteiger partial charge in [-0.3, -0.25) is 9.69 Å². The molecule has 1 unspecified atom stereocenters. The minimum Gasteiger partial charge on any atom is -0.382 e. The normalized spacial score (nSPS) is 24.0. The van der Waals surface area contributed by atoms with Gasteiger partial charge in [0, 0.05) is 19.1 Å². The Labute approximate surface area is 119 Å². The Morgan fingerprint density at radius 3 is 2.65 bits per heavy atom. The lowest BCUT2D eigenvalue weighted by atomic mass is 10.1. The molecular weight excluding hydrogens is 254 g/mol. The van der Waals surface area contributed by atoms with E-state index in [4.69, 9.17) is 5.73 Å². The van der Waals surface area contributed by atoms with Gasteiger partial charge in [0.25, 0.3) is 5.91 Å². The van der Waals surface area contributed by atoms with Crippen molar-refractivity contribution in [1.29, 1.82) is 0 Å². The molecule has 6 nitrogen and oxygen atoms in total. The van der Waals surface area contributed by atoms with Crippen LogP contribution in [0, 0.1) is 0 Å². The lowest BCUT2D eigenvalue weighted by Crippen LogP contribution is -2.41. The van der Waals surface area contributed by atoms with E-state index in [1.54, 1.807) is 0 Å². The average molecular weight is 275 g/mol. The summed E-state index contributed by atoms with van der Waals surface area (Å²) in [6.45, 7) is 3.97. The Bertz CT molecular complexity index is 469. The Balaban J connectivity index is 1.61. The molecule has 0 radical (unpaired) electrons. The molecule has 0 spiro atoms. The molecule has 2 N–H and O–H groups in total. The van der Waals surface area contributed by atoms with Crippen LogP contribution in [0.2, 0.25) is 0 Å². The van der Waals surface area contributed by atoms with E-state index in [0.717, 1.165) is 19.5 Å². The fourth-order valence-corrected chi connectivity index (χ4v) is 3.12. The molecule has 0 aliphatic carbocycles. The van der Waals surface area contributed by atoms with E-state index >= 15 is 0 Å². The van der Waals surface area contributed by atoms with Crippen molar-refractivity contribution in [2.24, 2.45) is 0 Å². The number of aromatic nitrogens is 2. The summed E-state index contributed by atoms with van der Waals surface area (Å²) in [6.07, 6.45) is 7.88. The zero-order valence-corrected chi connectivity index (χ0v) is 11.7. The molecule has 0 aromatic carbocycles. The van der Waals surface area contributed by atoms with Crippen molar-refractivity contribution < 1.29 is 4.79 Å². The summed E-state index contributed by atoms with van der Waals surface area (Å²) in [7, 11) is 0. The van der Waals surface area contributed by atoms with Crippen LogP contribution >= 0.6 is 0 Å². The van der Waals surface area contributed by atoms with Gasteiger partial charge in [0.15, 0.2) is 0 Å². The fourth-order valence-electron chi connectivity index (χ4n) is 3.12. The minimum atomic E-state index is -0.0305. The second-order valence-corrected chi connectivity index (χ2v) is 5.62. The number of nitrogens with zero attached hydrogens (tertiary/aromatic N) is 4. The van der Waals surface area contributed by atoms with Gasteiger partial charge in [-0.05, 0) is 32.4 Å². The Kier molecular flexibility index (Phi) is 3.82. The molecule has 0 saturated carbocycles. The minimum absolute atomic E-state index is 0.0305. The summed E-state index contributed by atoms with van der Waals surface area (Å²) >= 11 is 0. The average Bonchev–Trinajstić information content (AvgIpc) is 2.98. The van der Waals surface area contributed by atoms with E-state index in [9.17, 15) is 4.79 Å². The highest BCUT2D eigenvalue weighted by Gasteiger charge is 2.31. The van der Waals surface area contributed by atoms with Crippen LogP contribution < -0.4 is 5.73 Å². The number of nitrogens with two attached hydrogens (primary N) is 1. The molecular formula is C14H21N5O. The molecule has 3 heterocycles. The third-order valence-corrected chi connectivity index (χ3v) is 4.25. The zero-order valence-electron chi connectivity index (χ0n) is 11.7. The quantitative estimate of drug-likeness (QED) is 0.862. The van der Waals surface area contributed by atoms with Crippen LogP contribution in [0.4, 0.5) is 5.82 Å². The maximum absolute atomic E-state index is 12.4. The molecule has 1 amide bonds. The van der Waals surface area contributed by atoms with E-state index in [1.807, 2.05) is 4.90 Å². The number of carbonyl (C=O) groups excluding carboxylic acids is 1. The molecule has 1 aromatic heterocycles. The van der Waals surface area contributed by atoms with Crippen molar-refractivity contribution in [1.82, 2.24) is 19.8 Å². The lowest BCUT2D eigenvalue weighted by molar-refractivity contribution is 0.0765. The highest BCUT2D eigenvalue weighted by atomic mass is 16.2. The first-order valence-corrected chi connectivity index (χ1v) is 7.35. The summed E-state index contributed by atoms with van der Waals surface area (Å²) in [6, 6.07) is 0.515. The number of hydrogen-bond acceptors (Lipinski definition) is 5. The van der Waals surface area contributed by atoms with Crippen molar-refractivity contribution >= 4 is 11.7 Å². The smallest absolute Gasteiger partial charge is 0.274 e. The fraction of sp³-hybridized carbons (Fsp3) is 0.643. The van der Waals surface area contributed by atoms with E-state index < -0.39 is 0 Å². The predicted molar refractivity (Wildman–Crippen MR) is 76.2 cm³/mol. The number of likely N-dealkylation sites (tertiary alicyclic amines) is 2. The van der Waals surface area contributed by atoms with Gasteiger partial charge in [0.05, 0.1) is 12.4 Å². The van der Waals surface area contributed by atoms with Gasteiger partial charge >= 0.3 is 0 Å². The Morgan fingerprint density at radius 1 is 1.15 bits per heavy atom. The first kappa shape index (κ1) is 13.3. The van der Waals surface area contributed by atoms with Gasteiger partial charge in [0.2, 0.25) is 0 Å². The Hall–Kier alpha value is -1.69. The first-order chi connectivity index (χ1) is 9.74. The Morgan fingerprint density at radius 2 is 1.95 bits per heavy atom. The third kappa shape index (κ3) is 2.75. The maximum atomic E-state index is 12.4. The van der Waals surface area contributed by atoms with Gasteiger partial charge in [-0.1, -0.05) is 6.42 Å². The summed E-state index contributed by atoms with van der Waals surface area (Å²) < 4.78 is 0. The van der Waals surface area contributed by atoms with E-state index in [-0.39, 0.29) is 5.91 Å². The molecule has 2 aliphatic rings. The van der Waals surface area contributed by atoms with Crippen LogP contribution in [0.25, 0.3) is 0 Å². The van der Waals surface area contributed by atoms with Crippen LogP contribution in [0.1, 0.15) is 36.2 Å². The van der Waals surface area contributed by atoms with Crippen LogP contribution in [0.3, 0.4) is 0 Å². The highest BCUT2D eigenvalue weighted by molar-refractivity contribution is 5.92. The summed E-state index contributed by atoms with van der Waals surface area (Å²) in [5.41, 5.74) is 5.88. The molecule has 1 aromatic rings. The van der Waals surface area contributed by atoms with Crippen LogP contribution in [0.15, 0.2) is 12.4 Å². The van der Waals surface area contributed by atoms with Crippen molar-refractivity contribution in [2.45, 2.75) is 31.7 Å². The standard InChI is InChI=1S/C14H21N5O/c15-13-9-16-12(8-17-13)14(20)19-7-4-11(10-19)18-5-2-1-3-6-18/h8-9,11H,1-7,10H2,(H2,15,17). The van der Waals surface area contributed by atoms with Crippen molar-refractivity contribution in [3.8, 4) is 0 Å². The number of anilines is 1. The maximum Gasteiger partial charge on any atom is 0.274 e. The number of hydrogen-bond donors (Lipinski definition) is 1. The zero-order chi connectivity index (χ0) is 13.9. The number of carbonyl (C=O) groups is 1. The SMILES string of the molecule is Nc1cnc(C(=O)N2CCC(N3CCCCC3)C2)cn1. The van der Waals surface area contributed by atoms with E-state index in [0.29, 0.717) is 17.6 Å². The molecule has 6 heteroatoms. The molecule has 3 rings (SSSR count). The second kappa shape index (κ2) is 5.75. The van der Waals surface area contributed by atoms with E-state index in [1.165, 1.54) is 44.7 Å². The lowest BCUT2D eigenvalue weighted by Gasteiger charge is -2.32. The van der Waals surface area contributed by atoms with Gasteiger partial charge in [-0.15, -0.1) is 0 Å². The van der Waals surface area contributed by atoms with Gasteiger partial charge in [-0.25, -0.2) is 9.97 Å². The van der Waals surface area contributed by atoms with E-state index in [2.05, 4.69) is 14.9 Å². The molecule has 2 saturated heterocycles. The largest absolute Gasteiger partial charge is 0.382 e. The van der Waals surface area contributed by atoms with Crippen molar-refractivity contribution in [2.75, 3.05) is 31.9 Å². The molecule has 1 atom stereocenters. The topological polar surface area (TPSA) is 75.3 Å². The molecule has 20 heavy (non-hydrogen) atoms. The van der Waals surface area contributed by atoms with Crippen molar-refractivity contribution in [3.05, 3.63) is 18.1 Å².